The molecule has 2 rings (SSSR count). The predicted octanol–water partition coefficient (Wildman–Crippen LogP) is 2.57. The van der Waals surface area contributed by atoms with Gasteiger partial charge >= 0.3 is 0 Å². The van der Waals surface area contributed by atoms with Crippen molar-refractivity contribution in [2.45, 2.75) is 44.6 Å². The lowest BCUT2D eigenvalue weighted by Gasteiger charge is -2.37. The summed E-state index contributed by atoms with van der Waals surface area (Å²) in [5.41, 5.74) is 0. The average Bonchev–Trinajstić information content (AvgIpc) is 2.76. The fourth-order valence-electron chi connectivity index (χ4n) is 3.04. The Labute approximate surface area is 105 Å². The summed E-state index contributed by atoms with van der Waals surface area (Å²) in [6.07, 6.45) is 8.09. The second-order valence-corrected chi connectivity index (χ2v) is 5.61. The molecule has 2 saturated heterocycles. The number of unbranched alkanes of at least 4 members (excludes halogenated alkanes) is 3. The molecular weight excluding hydrogens is 220 g/mol. The van der Waals surface area contributed by atoms with Gasteiger partial charge in [-0.3, -0.25) is 4.90 Å². The van der Waals surface area contributed by atoms with Gasteiger partial charge in [0.15, 0.2) is 0 Å². The first-order valence-electron chi connectivity index (χ1n) is 6.92. The third kappa shape index (κ3) is 3.61. The Morgan fingerprint density at radius 3 is 2.75 bits per heavy atom. The van der Waals surface area contributed by atoms with Crippen LogP contribution in [0.15, 0.2) is 0 Å². The first-order chi connectivity index (χ1) is 7.90. The van der Waals surface area contributed by atoms with Crippen LogP contribution in [0.1, 0.15) is 38.5 Å². The van der Waals surface area contributed by atoms with Crippen molar-refractivity contribution in [1.82, 2.24) is 9.80 Å². The zero-order chi connectivity index (χ0) is 11.2. The van der Waals surface area contributed by atoms with Crippen LogP contribution in [-0.4, -0.2) is 54.4 Å². The Morgan fingerprint density at radius 1 is 1.00 bits per heavy atom. The third-order valence-electron chi connectivity index (χ3n) is 4.03. The number of piperazine rings is 1. The summed E-state index contributed by atoms with van der Waals surface area (Å²) >= 11 is 5.67. The van der Waals surface area contributed by atoms with E-state index in [0.29, 0.717) is 0 Å². The Balaban J connectivity index is 1.56. The Kier molecular flexibility index (Phi) is 5.40. The van der Waals surface area contributed by atoms with E-state index < -0.39 is 0 Å². The van der Waals surface area contributed by atoms with Gasteiger partial charge in [-0.2, -0.15) is 0 Å². The minimum absolute atomic E-state index is 0.834. The maximum atomic E-state index is 5.67. The Hall–Kier alpha value is 0.210. The summed E-state index contributed by atoms with van der Waals surface area (Å²) in [5, 5.41) is 0. The van der Waals surface area contributed by atoms with Crippen LogP contribution < -0.4 is 0 Å². The summed E-state index contributed by atoms with van der Waals surface area (Å²) in [6.45, 7) is 6.61. The number of rotatable bonds is 6. The van der Waals surface area contributed by atoms with Gasteiger partial charge in [0, 0.05) is 31.6 Å². The molecule has 0 spiro atoms. The van der Waals surface area contributed by atoms with Crippen molar-refractivity contribution >= 4 is 11.6 Å². The summed E-state index contributed by atoms with van der Waals surface area (Å²) in [6, 6.07) is 0.886. The van der Waals surface area contributed by atoms with Crippen molar-refractivity contribution in [3.8, 4) is 0 Å². The van der Waals surface area contributed by atoms with E-state index in [-0.39, 0.29) is 0 Å². The average molecular weight is 245 g/mol. The number of fused-ring (bicyclic) bond motifs is 1. The number of alkyl halides is 1. The molecule has 16 heavy (non-hydrogen) atoms. The minimum atomic E-state index is 0.834. The van der Waals surface area contributed by atoms with Crippen LogP contribution >= 0.6 is 11.6 Å². The van der Waals surface area contributed by atoms with Crippen molar-refractivity contribution < 1.29 is 0 Å². The van der Waals surface area contributed by atoms with Gasteiger partial charge in [-0.05, 0) is 38.8 Å². The molecule has 0 bridgehead atoms. The van der Waals surface area contributed by atoms with E-state index in [4.69, 9.17) is 11.6 Å². The first kappa shape index (κ1) is 12.7. The van der Waals surface area contributed by atoms with E-state index >= 15 is 0 Å². The molecule has 0 aliphatic carbocycles. The van der Waals surface area contributed by atoms with Crippen molar-refractivity contribution in [1.29, 1.82) is 0 Å². The molecule has 1 unspecified atom stereocenters. The SMILES string of the molecule is ClCCCCCCN1CCN2CCCC2C1. The predicted molar refractivity (Wildman–Crippen MR) is 70.2 cm³/mol. The van der Waals surface area contributed by atoms with Gasteiger partial charge in [0.25, 0.3) is 0 Å². The van der Waals surface area contributed by atoms with Crippen molar-refractivity contribution in [2.75, 3.05) is 38.6 Å². The molecule has 0 saturated carbocycles. The molecule has 2 aliphatic rings. The van der Waals surface area contributed by atoms with E-state index in [1.807, 2.05) is 0 Å². The van der Waals surface area contributed by atoms with E-state index in [0.717, 1.165) is 11.9 Å². The van der Waals surface area contributed by atoms with Crippen molar-refractivity contribution in [3.63, 3.8) is 0 Å². The molecule has 0 aromatic heterocycles. The van der Waals surface area contributed by atoms with E-state index in [1.54, 1.807) is 0 Å². The maximum absolute atomic E-state index is 5.67. The van der Waals surface area contributed by atoms with Gasteiger partial charge in [0.1, 0.15) is 0 Å². The van der Waals surface area contributed by atoms with Crippen LogP contribution in [0.2, 0.25) is 0 Å². The number of halogens is 1. The molecule has 2 fully saturated rings. The summed E-state index contributed by atoms with van der Waals surface area (Å²) in [7, 11) is 0. The number of hydrogen-bond donors (Lipinski definition) is 0. The highest BCUT2D eigenvalue weighted by molar-refractivity contribution is 6.17. The van der Waals surface area contributed by atoms with Gasteiger partial charge in [0.2, 0.25) is 0 Å². The monoisotopic (exact) mass is 244 g/mol. The lowest BCUT2D eigenvalue weighted by molar-refractivity contribution is 0.103. The zero-order valence-electron chi connectivity index (χ0n) is 10.3. The lowest BCUT2D eigenvalue weighted by atomic mass is 10.1. The molecule has 0 N–H and O–H groups in total. The molecule has 0 amide bonds. The summed E-state index contributed by atoms with van der Waals surface area (Å²) in [4.78, 5) is 5.36. The summed E-state index contributed by atoms with van der Waals surface area (Å²) < 4.78 is 0. The molecule has 0 aromatic rings. The third-order valence-corrected chi connectivity index (χ3v) is 4.30. The number of nitrogens with zero attached hydrogens (tertiary/aromatic N) is 2. The van der Waals surface area contributed by atoms with Gasteiger partial charge in [0.05, 0.1) is 0 Å². The number of hydrogen-bond acceptors (Lipinski definition) is 2. The fraction of sp³-hybridized carbons (Fsp3) is 1.00. The van der Waals surface area contributed by atoms with E-state index in [2.05, 4.69) is 9.80 Å². The van der Waals surface area contributed by atoms with Crippen molar-refractivity contribution in [3.05, 3.63) is 0 Å². The van der Waals surface area contributed by atoms with Gasteiger partial charge < -0.3 is 4.90 Å². The maximum Gasteiger partial charge on any atom is 0.0224 e. The minimum Gasteiger partial charge on any atom is -0.301 e. The highest BCUT2D eigenvalue weighted by Gasteiger charge is 2.29. The molecule has 2 heterocycles. The Morgan fingerprint density at radius 2 is 1.88 bits per heavy atom. The van der Waals surface area contributed by atoms with Crippen molar-refractivity contribution in [2.24, 2.45) is 0 Å². The van der Waals surface area contributed by atoms with E-state index in [1.165, 1.54) is 71.2 Å². The fourth-order valence-corrected chi connectivity index (χ4v) is 3.23. The van der Waals surface area contributed by atoms with Crippen LogP contribution in [0.5, 0.6) is 0 Å². The largest absolute Gasteiger partial charge is 0.301 e. The molecule has 2 nitrogen and oxygen atoms in total. The van der Waals surface area contributed by atoms with E-state index in [9.17, 15) is 0 Å². The van der Waals surface area contributed by atoms with Gasteiger partial charge in [-0.1, -0.05) is 12.8 Å². The Bertz CT molecular complexity index is 198. The molecule has 94 valence electrons. The quantitative estimate of drug-likeness (QED) is 0.524. The lowest BCUT2D eigenvalue weighted by Crippen LogP contribution is -2.50. The molecule has 2 aliphatic heterocycles. The highest BCUT2D eigenvalue weighted by Crippen LogP contribution is 2.21. The molecular formula is C13H25ClN2. The summed E-state index contributed by atoms with van der Waals surface area (Å²) in [5.74, 6) is 0.834. The topological polar surface area (TPSA) is 6.48 Å². The normalized spacial score (nSPS) is 27.2. The standard InChI is InChI=1S/C13H25ClN2/c14-7-3-1-2-4-8-15-10-11-16-9-5-6-13(16)12-15/h13H,1-12H2. The first-order valence-corrected chi connectivity index (χ1v) is 7.46. The van der Waals surface area contributed by atoms with Gasteiger partial charge in [-0.25, -0.2) is 0 Å². The second kappa shape index (κ2) is 6.83. The van der Waals surface area contributed by atoms with Crippen LogP contribution in [-0.2, 0) is 0 Å². The molecule has 0 aromatic carbocycles. The van der Waals surface area contributed by atoms with Crippen LogP contribution in [0, 0.1) is 0 Å². The van der Waals surface area contributed by atoms with Crippen LogP contribution in [0.4, 0.5) is 0 Å². The molecule has 1 atom stereocenters. The van der Waals surface area contributed by atoms with Crippen LogP contribution in [0.25, 0.3) is 0 Å². The molecule has 0 radical (unpaired) electrons. The zero-order valence-corrected chi connectivity index (χ0v) is 11.1. The van der Waals surface area contributed by atoms with Gasteiger partial charge in [-0.15, -0.1) is 11.6 Å². The molecule has 3 heteroatoms. The second-order valence-electron chi connectivity index (χ2n) is 5.24. The smallest absolute Gasteiger partial charge is 0.0224 e. The highest BCUT2D eigenvalue weighted by atomic mass is 35.5. The van der Waals surface area contributed by atoms with Crippen LogP contribution in [0.3, 0.4) is 0 Å².